The molecule has 1 aromatic heterocycles. The van der Waals surface area contributed by atoms with Crippen LogP contribution in [0.4, 0.5) is 0 Å². The van der Waals surface area contributed by atoms with Crippen molar-refractivity contribution in [1.82, 2.24) is 20.5 Å². The zero-order valence-corrected chi connectivity index (χ0v) is 20.8. The molecule has 36 heavy (non-hydrogen) atoms. The Kier molecular flexibility index (Phi) is 6.53. The third kappa shape index (κ3) is 3.95. The van der Waals surface area contributed by atoms with Gasteiger partial charge < -0.3 is 25.3 Å². The highest BCUT2D eigenvalue weighted by Gasteiger charge is 2.49. The number of benzene rings is 2. The van der Waals surface area contributed by atoms with Gasteiger partial charge in [0, 0.05) is 42.2 Å². The number of hydrogen-bond acceptors (Lipinski definition) is 4. The van der Waals surface area contributed by atoms with Crippen molar-refractivity contribution in [1.29, 1.82) is 0 Å². The van der Waals surface area contributed by atoms with E-state index in [2.05, 4.69) is 15.6 Å². The maximum atomic E-state index is 13.9. The molecule has 0 unspecified atom stereocenters. The highest BCUT2D eigenvalue weighted by Crippen LogP contribution is 2.46. The van der Waals surface area contributed by atoms with Crippen LogP contribution in [0.2, 0.25) is 0 Å². The molecule has 0 radical (unpaired) electrons. The van der Waals surface area contributed by atoms with Crippen molar-refractivity contribution in [3.8, 4) is 0 Å². The molecule has 0 saturated heterocycles. The molecule has 3 amide bonds. The summed E-state index contributed by atoms with van der Waals surface area (Å²) in [4.78, 5) is 45.6. The Morgan fingerprint density at radius 3 is 2.69 bits per heavy atom. The fourth-order valence-corrected chi connectivity index (χ4v) is 5.48. The van der Waals surface area contributed by atoms with Gasteiger partial charge in [0.15, 0.2) is 0 Å². The second-order valence-corrected chi connectivity index (χ2v) is 9.64. The van der Waals surface area contributed by atoms with E-state index in [1.807, 2.05) is 62.4 Å². The quantitative estimate of drug-likeness (QED) is 0.424. The van der Waals surface area contributed by atoms with Crippen LogP contribution in [-0.2, 0) is 20.7 Å². The van der Waals surface area contributed by atoms with Gasteiger partial charge in [0.1, 0.15) is 12.1 Å². The monoisotopic (exact) mass is 488 g/mol. The zero-order valence-electron chi connectivity index (χ0n) is 20.8. The highest BCUT2D eigenvalue weighted by atomic mass is 16.5. The van der Waals surface area contributed by atoms with Gasteiger partial charge in [-0.2, -0.15) is 0 Å². The van der Waals surface area contributed by atoms with Gasteiger partial charge in [-0.15, -0.1) is 0 Å². The Balaban J connectivity index is 1.52. The average Bonchev–Trinajstić information content (AvgIpc) is 3.42. The minimum absolute atomic E-state index is 0.0778. The number of methoxy groups -OCH3 is 1. The number of rotatable bonds is 8. The topological polar surface area (TPSA) is 104 Å². The zero-order chi connectivity index (χ0) is 25.4. The minimum atomic E-state index is -0.736. The van der Waals surface area contributed by atoms with E-state index in [0.29, 0.717) is 25.1 Å². The maximum absolute atomic E-state index is 13.9. The number of carbonyl (C=O) groups excluding carboxylic acids is 3. The van der Waals surface area contributed by atoms with Gasteiger partial charge in [0.25, 0.3) is 5.91 Å². The van der Waals surface area contributed by atoms with Gasteiger partial charge in [-0.25, -0.2) is 0 Å². The molecular formula is C28H32N4O4. The molecule has 8 heteroatoms. The smallest absolute Gasteiger partial charge is 0.255 e. The Morgan fingerprint density at radius 2 is 1.92 bits per heavy atom. The lowest BCUT2D eigenvalue weighted by Gasteiger charge is -2.38. The molecule has 188 valence electrons. The van der Waals surface area contributed by atoms with Crippen LogP contribution < -0.4 is 10.6 Å². The van der Waals surface area contributed by atoms with Crippen molar-refractivity contribution in [3.63, 3.8) is 0 Å². The summed E-state index contributed by atoms with van der Waals surface area (Å²) in [5.41, 5.74) is 4.48. The largest absolute Gasteiger partial charge is 0.383 e. The fraction of sp³-hybridized carbons (Fsp3) is 0.393. The number of para-hydroxylation sites is 1. The summed E-state index contributed by atoms with van der Waals surface area (Å²) in [5.74, 6) is -0.800. The standard InChI is InChI=1S/C28H32N4O4/c1-4-16(2)23(27(34)29-13-14-36-3)31-26(33)22-15-20-17-9-7-8-12-21(17)30-24(20)25-18-10-5-6-11-19(18)28(35)32(22)25/h5-12,16,22-23,25,30H,4,13-15H2,1-3H3,(H,29,34)(H,31,33)/t16-,22-,23-,25-/m0/s1. The highest BCUT2D eigenvalue weighted by molar-refractivity contribution is 6.04. The number of fused-ring (bicyclic) bond motifs is 7. The molecule has 2 aliphatic rings. The Labute approximate surface area is 210 Å². The van der Waals surface area contributed by atoms with Crippen LogP contribution in [0.5, 0.6) is 0 Å². The van der Waals surface area contributed by atoms with Gasteiger partial charge in [0.2, 0.25) is 11.8 Å². The molecule has 0 saturated carbocycles. The number of aromatic amines is 1. The summed E-state index contributed by atoms with van der Waals surface area (Å²) in [6.07, 6.45) is 1.09. The van der Waals surface area contributed by atoms with Gasteiger partial charge in [-0.05, 0) is 29.2 Å². The second kappa shape index (κ2) is 9.78. The van der Waals surface area contributed by atoms with E-state index in [4.69, 9.17) is 4.74 Å². The van der Waals surface area contributed by atoms with E-state index >= 15 is 0 Å². The lowest BCUT2D eigenvalue weighted by molar-refractivity contribution is -0.133. The Morgan fingerprint density at radius 1 is 1.17 bits per heavy atom. The number of ether oxygens (including phenoxy) is 1. The van der Waals surface area contributed by atoms with Gasteiger partial charge in [-0.1, -0.05) is 56.7 Å². The summed E-state index contributed by atoms with van der Waals surface area (Å²) >= 11 is 0. The number of H-pyrrole nitrogens is 1. The van der Waals surface area contributed by atoms with E-state index < -0.39 is 12.1 Å². The van der Waals surface area contributed by atoms with E-state index in [1.165, 1.54) is 0 Å². The summed E-state index contributed by atoms with van der Waals surface area (Å²) in [6.45, 7) is 4.68. The van der Waals surface area contributed by atoms with Crippen LogP contribution in [0.25, 0.3) is 10.9 Å². The molecule has 0 aliphatic carbocycles. The maximum Gasteiger partial charge on any atom is 0.255 e. The first-order chi connectivity index (χ1) is 17.5. The number of aromatic nitrogens is 1. The molecule has 3 aromatic rings. The van der Waals surface area contributed by atoms with E-state index in [1.54, 1.807) is 12.0 Å². The van der Waals surface area contributed by atoms with Crippen molar-refractivity contribution in [2.45, 2.75) is 44.8 Å². The number of amides is 3. The minimum Gasteiger partial charge on any atom is -0.383 e. The number of nitrogens with one attached hydrogen (secondary N) is 3. The van der Waals surface area contributed by atoms with Crippen LogP contribution in [0, 0.1) is 5.92 Å². The molecule has 3 N–H and O–H groups in total. The molecule has 0 spiro atoms. The molecule has 2 aliphatic heterocycles. The van der Waals surface area contributed by atoms with Crippen LogP contribution in [0.3, 0.4) is 0 Å². The third-order valence-corrected chi connectivity index (χ3v) is 7.55. The fourth-order valence-electron chi connectivity index (χ4n) is 5.48. The molecule has 0 bridgehead atoms. The van der Waals surface area contributed by atoms with E-state index in [-0.39, 0.29) is 29.7 Å². The summed E-state index contributed by atoms with van der Waals surface area (Å²) in [7, 11) is 1.57. The molecule has 4 atom stereocenters. The molecule has 3 heterocycles. The molecule has 5 rings (SSSR count). The first kappa shape index (κ1) is 24.1. The summed E-state index contributed by atoms with van der Waals surface area (Å²) in [6, 6.07) is 13.7. The number of hydrogen-bond donors (Lipinski definition) is 3. The summed E-state index contributed by atoms with van der Waals surface area (Å²) in [5, 5.41) is 6.90. The number of nitrogens with zero attached hydrogens (tertiary/aromatic N) is 1. The predicted molar refractivity (Wildman–Crippen MR) is 137 cm³/mol. The van der Waals surface area contributed by atoms with Gasteiger partial charge >= 0.3 is 0 Å². The lowest BCUT2D eigenvalue weighted by atomic mass is 9.89. The first-order valence-electron chi connectivity index (χ1n) is 12.5. The van der Waals surface area contributed by atoms with Crippen LogP contribution in [-0.4, -0.2) is 60.0 Å². The SMILES string of the molecule is CC[C@H](C)[C@H](NC(=O)[C@@H]1Cc2c([nH]c3ccccc23)[C@@H]2c3ccccc3C(=O)N21)C(=O)NCCOC. The second-order valence-electron chi connectivity index (χ2n) is 9.64. The van der Waals surface area contributed by atoms with E-state index in [9.17, 15) is 14.4 Å². The van der Waals surface area contributed by atoms with Crippen molar-refractivity contribution in [2.75, 3.05) is 20.3 Å². The van der Waals surface area contributed by atoms with Gasteiger partial charge in [0.05, 0.1) is 12.6 Å². The molecule has 0 fully saturated rings. The van der Waals surface area contributed by atoms with E-state index in [0.717, 1.165) is 34.1 Å². The van der Waals surface area contributed by atoms with Crippen molar-refractivity contribution in [2.24, 2.45) is 5.92 Å². The van der Waals surface area contributed by atoms with Crippen LogP contribution in [0.15, 0.2) is 48.5 Å². The predicted octanol–water partition coefficient (Wildman–Crippen LogP) is 2.93. The first-order valence-corrected chi connectivity index (χ1v) is 12.5. The lowest BCUT2D eigenvalue weighted by Crippen LogP contribution is -2.58. The Bertz CT molecular complexity index is 1320. The normalized spacial score (nSPS) is 19.9. The molecular weight excluding hydrogens is 456 g/mol. The molecule has 8 nitrogen and oxygen atoms in total. The summed E-state index contributed by atoms with van der Waals surface area (Å²) < 4.78 is 5.04. The third-order valence-electron chi connectivity index (χ3n) is 7.55. The average molecular weight is 489 g/mol. The Hall–Kier alpha value is -3.65. The van der Waals surface area contributed by atoms with Gasteiger partial charge in [-0.3, -0.25) is 14.4 Å². The van der Waals surface area contributed by atoms with Crippen molar-refractivity contribution >= 4 is 28.6 Å². The van der Waals surface area contributed by atoms with Crippen LogP contribution >= 0.6 is 0 Å². The van der Waals surface area contributed by atoms with Crippen LogP contribution in [0.1, 0.15) is 53.5 Å². The molecule has 2 aromatic carbocycles. The van der Waals surface area contributed by atoms with Crippen molar-refractivity contribution < 1.29 is 19.1 Å². The number of carbonyl (C=O) groups is 3. The van der Waals surface area contributed by atoms with Crippen molar-refractivity contribution in [3.05, 3.63) is 70.9 Å².